The molecule has 0 aliphatic heterocycles. The number of H-pyrrole nitrogens is 1. The Morgan fingerprint density at radius 1 is 1.28 bits per heavy atom. The number of nitrogens with zero attached hydrogens (tertiary/aromatic N) is 2. The Kier molecular flexibility index (Phi) is 4.34. The van der Waals surface area contributed by atoms with Gasteiger partial charge in [-0.15, -0.1) is 0 Å². The molecule has 4 aliphatic rings. The molecule has 154 valence electrons. The first-order chi connectivity index (χ1) is 13.8. The van der Waals surface area contributed by atoms with Crippen molar-refractivity contribution in [3.8, 4) is 0 Å². The van der Waals surface area contributed by atoms with Crippen molar-refractivity contribution in [2.75, 3.05) is 0 Å². The maximum Gasteiger partial charge on any atom is 0.307 e. The molecule has 0 radical (unpaired) electrons. The number of aromatic nitrogens is 2. The Morgan fingerprint density at radius 3 is 2.62 bits per heavy atom. The molecule has 2 heterocycles. The van der Waals surface area contributed by atoms with E-state index in [1.165, 1.54) is 12.8 Å². The first-order valence-corrected chi connectivity index (χ1v) is 10.9. The number of rotatable bonds is 4. The third-order valence-electron chi connectivity index (χ3n) is 7.16. The summed E-state index contributed by atoms with van der Waals surface area (Å²) in [5, 5.41) is 27.2. The van der Waals surface area contributed by atoms with Crippen LogP contribution in [0.3, 0.4) is 0 Å². The van der Waals surface area contributed by atoms with E-state index in [0.29, 0.717) is 23.7 Å². The third kappa shape index (κ3) is 3.28. The summed E-state index contributed by atoms with van der Waals surface area (Å²) in [6, 6.07) is 2.03. The molecule has 0 spiro atoms. The van der Waals surface area contributed by atoms with Crippen molar-refractivity contribution in [1.29, 1.82) is 0 Å². The molecule has 4 fully saturated rings. The Hall–Kier alpha value is -1.86. The molecule has 4 saturated carbocycles. The molecule has 2 aromatic heterocycles. The van der Waals surface area contributed by atoms with Crippen molar-refractivity contribution in [3.63, 3.8) is 0 Å². The summed E-state index contributed by atoms with van der Waals surface area (Å²) in [6.07, 6.45) is 8.73. The van der Waals surface area contributed by atoms with Crippen LogP contribution in [0.25, 0.3) is 11.0 Å². The summed E-state index contributed by atoms with van der Waals surface area (Å²) in [6.45, 7) is 6.33. The van der Waals surface area contributed by atoms with E-state index in [4.69, 9.17) is 5.10 Å². The van der Waals surface area contributed by atoms with E-state index < -0.39 is 5.60 Å². The summed E-state index contributed by atoms with van der Waals surface area (Å²) in [5.74, 6) is 1.83. The van der Waals surface area contributed by atoms with E-state index >= 15 is 0 Å². The van der Waals surface area contributed by atoms with E-state index in [2.05, 4.69) is 36.2 Å². The predicted octanol–water partition coefficient (Wildman–Crippen LogP) is 1.81. The minimum absolute atomic E-state index is 0.0629. The van der Waals surface area contributed by atoms with Gasteiger partial charge in [-0.1, -0.05) is 0 Å². The number of aromatic amines is 1. The molecule has 2 unspecified atom stereocenters. The molecule has 4 N–H and O–H groups in total. The first-order valence-electron chi connectivity index (χ1n) is 10.9. The predicted molar refractivity (Wildman–Crippen MR) is 117 cm³/mol. The number of pyridine rings is 1. The van der Waals surface area contributed by atoms with Gasteiger partial charge in [-0.3, -0.25) is 0 Å². The zero-order valence-corrected chi connectivity index (χ0v) is 17.6. The lowest BCUT2D eigenvalue weighted by Crippen LogP contribution is -2.57. The van der Waals surface area contributed by atoms with Crippen molar-refractivity contribution in [1.82, 2.24) is 15.4 Å². The van der Waals surface area contributed by atoms with E-state index in [-0.39, 0.29) is 13.0 Å². The maximum absolute atomic E-state index is 11.1. The van der Waals surface area contributed by atoms with Crippen LogP contribution in [0, 0.1) is 23.7 Å². The standard InChI is InChI=1S/C22H31BN4O2/c1-21(2,3)27-26-19(18-15-4-5-24-20(15)25-11-16(18)23-29)17-13-6-12-7-14(17)10-22(28,8-12)9-13/h4-5,11-14,17,23,27-29H,6-10H2,1-3H3,(H,24,25)/b26-19-. The quantitative estimate of drug-likeness (QED) is 0.362. The molecule has 0 saturated heterocycles. The van der Waals surface area contributed by atoms with Gasteiger partial charge in [0.2, 0.25) is 0 Å². The van der Waals surface area contributed by atoms with Crippen molar-refractivity contribution >= 4 is 29.7 Å². The summed E-state index contributed by atoms with van der Waals surface area (Å²) in [5.41, 5.74) is 6.42. The lowest BCUT2D eigenvalue weighted by Gasteiger charge is -2.58. The summed E-state index contributed by atoms with van der Waals surface area (Å²) < 4.78 is 0. The number of fused-ring (bicyclic) bond motifs is 1. The van der Waals surface area contributed by atoms with Crippen LogP contribution in [-0.4, -0.2) is 44.4 Å². The van der Waals surface area contributed by atoms with Crippen LogP contribution in [0.1, 0.15) is 58.4 Å². The van der Waals surface area contributed by atoms with Gasteiger partial charge in [-0.05, 0) is 82.2 Å². The van der Waals surface area contributed by atoms with Crippen LogP contribution in [0.5, 0.6) is 0 Å². The summed E-state index contributed by atoms with van der Waals surface area (Å²) >= 11 is 0. The lowest BCUT2D eigenvalue weighted by molar-refractivity contribution is -0.137. The molecule has 7 heteroatoms. The zero-order valence-electron chi connectivity index (χ0n) is 17.6. The molecule has 2 atom stereocenters. The highest BCUT2D eigenvalue weighted by Crippen LogP contribution is 2.59. The lowest BCUT2D eigenvalue weighted by atomic mass is 9.49. The largest absolute Gasteiger partial charge is 0.449 e. The van der Waals surface area contributed by atoms with Gasteiger partial charge in [0.25, 0.3) is 0 Å². The zero-order chi connectivity index (χ0) is 20.4. The monoisotopic (exact) mass is 394 g/mol. The highest BCUT2D eigenvalue weighted by Gasteiger charge is 2.56. The fraction of sp³-hybridized carbons (Fsp3) is 0.636. The molecule has 0 amide bonds. The van der Waals surface area contributed by atoms with Gasteiger partial charge in [0.15, 0.2) is 0 Å². The van der Waals surface area contributed by atoms with Gasteiger partial charge in [0.1, 0.15) is 5.65 Å². The minimum atomic E-state index is -0.475. The molecule has 4 aliphatic carbocycles. The van der Waals surface area contributed by atoms with Crippen molar-refractivity contribution < 1.29 is 10.1 Å². The van der Waals surface area contributed by atoms with Gasteiger partial charge in [-0.25, -0.2) is 4.98 Å². The van der Waals surface area contributed by atoms with Crippen molar-refractivity contribution in [2.45, 2.75) is 64.0 Å². The Bertz CT molecular complexity index is 947. The molecule has 6 rings (SSSR count). The van der Waals surface area contributed by atoms with Crippen LogP contribution >= 0.6 is 0 Å². The molecule has 6 nitrogen and oxygen atoms in total. The van der Waals surface area contributed by atoms with Crippen LogP contribution < -0.4 is 10.9 Å². The normalized spacial score (nSPS) is 34.0. The van der Waals surface area contributed by atoms with E-state index in [0.717, 1.165) is 47.0 Å². The number of hydrogen-bond donors (Lipinski definition) is 4. The maximum atomic E-state index is 11.1. The van der Waals surface area contributed by atoms with Crippen LogP contribution in [0.15, 0.2) is 23.6 Å². The molecule has 29 heavy (non-hydrogen) atoms. The Labute approximate surface area is 172 Å². The van der Waals surface area contributed by atoms with Gasteiger partial charge >= 0.3 is 7.48 Å². The van der Waals surface area contributed by atoms with E-state index in [1.807, 2.05) is 12.3 Å². The van der Waals surface area contributed by atoms with E-state index in [9.17, 15) is 10.1 Å². The summed E-state index contributed by atoms with van der Waals surface area (Å²) in [7, 11) is -0.0629. The molecular formula is C22H31BN4O2. The fourth-order valence-corrected chi connectivity index (χ4v) is 6.42. The van der Waals surface area contributed by atoms with Crippen LogP contribution in [-0.2, 0) is 0 Å². The number of aliphatic hydroxyl groups is 1. The first kappa shape index (κ1) is 19.1. The van der Waals surface area contributed by atoms with Crippen LogP contribution in [0.4, 0.5) is 0 Å². The Balaban J connectivity index is 1.66. The smallest absolute Gasteiger partial charge is 0.307 e. The second kappa shape index (κ2) is 6.57. The highest BCUT2D eigenvalue weighted by molar-refractivity contribution is 6.49. The third-order valence-corrected chi connectivity index (χ3v) is 7.16. The van der Waals surface area contributed by atoms with Gasteiger partial charge in [-0.2, -0.15) is 5.10 Å². The van der Waals surface area contributed by atoms with Gasteiger partial charge in [0.05, 0.1) is 11.3 Å². The SMILES string of the molecule is CC(C)(C)N/N=C(\c1c(BO)cnc2[nH]ccc12)C1C2CC3CC1CC(O)(C3)C2. The fourth-order valence-electron chi connectivity index (χ4n) is 6.42. The van der Waals surface area contributed by atoms with Crippen molar-refractivity contribution in [2.24, 2.45) is 28.8 Å². The average Bonchev–Trinajstić information content (AvgIpc) is 3.10. The number of nitrogens with one attached hydrogen (secondary N) is 2. The average molecular weight is 394 g/mol. The summed E-state index contributed by atoms with van der Waals surface area (Å²) in [4.78, 5) is 7.68. The topological polar surface area (TPSA) is 93.5 Å². The molecule has 2 aromatic rings. The van der Waals surface area contributed by atoms with Crippen LogP contribution in [0.2, 0.25) is 0 Å². The van der Waals surface area contributed by atoms with Gasteiger partial charge < -0.3 is 20.5 Å². The van der Waals surface area contributed by atoms with E-state index in [1.54, 1.807) is 6.20 Å². The second-order valence-electron chi connectivity index (χ2n) is 10.6. The molecular weight excluding hydrogens is 363 g/mol. The second-order valence-corrected chi connectivity index (χ2v) is 10.6. The highest BCUT2D eigenvalue weighted by atomic mass is 16.3. The number of hydrogen-bond acceptors (Lipinski definition) is 5. The Morgan fingerprint density at radius 2 is 2.00 bits per heavy atom. The minimum Gasteiger partial charge on any atom is -0.449 e. The van der Waals surface area contributed by atoms with Gasteiger partial charge in [0, 0.05) is 34.8 Å². The van der Waals surface area contributed by atoms with Crippen molar-refractivity contribution in [3.05, 3.63) is 24.0 Å². The number of hydrazone groups is 1. The molecule has 0 aromatic carbocycles. The molecule has 4 bridgehead atoms.